The third-order valence-electron chi connectivity index (χ3n) is 4.09. The van der Waals surface area contributed by atoms with Gasteiger partial charge >= 0.3 is 0 Å². The topological polar surface area (TPSA) is 21.3 Å². The molecule has 1 aromatic carbocycles. The molecule has 1 heterocycles. The van der Waals surface area contributed by atoms with Crippen molar-refractivity contribution in [3.8, 4) is 5.75 Å². The SMILES string of the molecule is CCCNC(CCc1ccc(OC)cc1)C1CCSC1. The fourth-order valence-electron chi connectivity index (χ4n) is 2.82. The standard InChI is InChI=1S/C17H27NOS/c1-3-11-18-17(15-10-12-20-13-15)9-6-14-4-7-16(19-2)8-5-14/h4-5,7-8,15,17-18H,3,6,9-13H2,1-2H3. The molecule has 1 N–H and O–H groups in total. The number of thioether (sulfide) groups is 1. The van der Waals surface area contributed by atoms with E-state index < -0.39 is 0 Å². The summed E-state index contributed by atoms with van der Waals surface area (Å²) in [6.45, 7) is 3.39. The molecule has 1 saturated heterocycles. The summed E-state index contributed by atoms with van der Waals surface area (Å²) in [5.41, 5.74) is 1.42. The third-order valence-corrected chi connectivity index (χ3v) is 5.28. The van der Waals surface area contributed by atoms with Crippen molar-refractivity contribution in [1.29, 1.82) is 0 Å². The average molecular weight is 293 g/mol. The van der Waals surface area contributed by atoms with Crippen molar-refractivity contribution in [1.82, 2.24) is 5.32 Å². The van der Waals surface area contributed by atoms with Crippen LogP contribution in [0.1, 0.15) is 31.7 Å². The Hall–Kier alpha value is -0.670. The largest absolute Gasteiger partial charge is 0.497 e. The van der Waals surface area contributed by atoms with E-state index in [9.17, 15) is 0 Å². The first-order chi connectivity index (χ1) is 9.83. The lowest BCUT2D eigenvalue weighted by Crippen LogP contribution is -2.37. The minimum Gasteiger partial charge on any atom is -0.497 e. The molecular formula is C17H27NOS. The van der Waals surface area contributed by atoms with E-state index in [1.54, 1.807) is 7.11 Å². The number of hydrogen-bond donors (Lipinski definition) is 1. The molecule has 20 heavy (non-hydrogen) atoms. The lowest BCUT2D eigenvalue weighted by atomic mass is 9.93. The number of ether oxygens (including phenoxy) is 1. The summed E-state index contributed by atoms with van der Waals surface area (Å²) in [5, 5.41) is 3.77. The Morgan fingerprint density at radius 3 is 2.75 bits per heavy atom. The van der Waals surface area contributed by atoms with E-state index in [4.69, 9.17) is 4.74 Å². The first-order valence-electron chi connectivity index (χ1n) is 7.77. The van der Waals surface area contributed by atoms with Crippen LogP contribution in [0, 0.1) is 5.92 Å². The van der Waals surface area contributed by atoms with Gasteiger partial charge in [-0.05, 0) is 67.3 Å². The van der Waals surface area contributed by atoms with E-state index in [-0.39, 0.29) is 0 Å². The molecule has 0 aliphatic carbocycles. The molecule has 1 aliphatic rings. The highest BCUT2D eigenvalue weighted by atomic mass is 32.2. The van der Waals surface area contributed by atoms with E-state index in [2.05, 4.69) is 48.3 Å². The van der Waals surface area contributed by atoms with Gasteiger partial charge in [-0.1, -0.05) is 19.1 Å². The molecule has 2 rings (SSSR count). The van der Waals surface area contributed by atoms with Gasteiger partial charge in [0.25, 0.3) is 0 Å². The Bertz CT molecular complexity index is 373. The highest BCUT2D eigenvalue weighted by Crippen LogP contribution is 2.28. The monoisotopic (exact) mass is 293 g/mol. The Balaban J connectivity index is 1.86. The molecule has 0 saturated carbocycles. The van der Waals surface area contributed by atoms with Crippen LogP contribution in [0.25, 0.3) is 0 Å². The fourth-order valence-corrected chi connectivity index (χ4v) is 4.16. The molecule has 1 aromatic rings. The van der Waals surface area contributed by atoms with Gasteiger partial charge in [0, 0.05) is 6.04 Å². The molecule has 0 radical (unpaired) electrons. The summed E-state index contributed by atoms with van der Waals surface area (Å²) in [5.74, 6) is 4.49. The van der Waals surface area contributed by atoms with Gasteiger partial charge in [0.1, 0.15) is 5.75 Å². The predicted molar refractivity (Wildman–Crippen MR) is 88.8 cm³/mol. The van der Waals surface area contributed by atoms with Crippen molar-refractivity contribution >= 4 is 11.8 Å². The molecule has 2 nitrogen and oxygen atoms in total. The van der Waals surface area contributed by atoms with E-state index >= 15 is 0 Å². The second-order valence-corrected chi connectivity index (χ2v) is 6.72. The van der Waals surface area contributed by atoms with Crippen molar-refractivity contribution in [2.24, 2.45) is 5.92 Å². The second-order valence-electron chi connectivity index (χ2n) is 5.57. The van der Waals surface area contributed by atoms with Gasteiger partial charge < -0.3 is 10.1 Å². The van der Waals surface area contributed by atoms with Gasteiger partial charge in [-0.3, -0.25) is 0 Å². The van der Waals surface area contributed by atoms with Gasteiger partial charge in [0.15, 0.2) is 0 Å². The normalized spacial score (nSPS) is 20.0. The number of nitrogens with one attached hydrogen (secondary N) is 1. The Kier molecular flexibility index (Phi) is 6.74. The van der Waals surface area contributed by atoms with Gasteiger partial charge in [0.05, 0.1) is 7.11 Å². The Labute approximate surface area is 127 Å². The number of aryl methyl sites for hydroxylation is 1. The molecule has 0 amide bonds. The molecule has 112 valence electrons. The Morgan fingerprint density at radius 1 is 1.35 bits per heavy atom. The zero-order chi connectivity index (χ0) is 14.2. The molecule has 2 unspecified atom stereocenters. The fraction of sp³-hybridized carbons (Fsp3) is 0.647. The van der Waals surface area contributed by atoms with Crippen LogP contribution < -0.4 is 10.1 Å². The number of rotatable bonds is 8. The molecule has 1 fully saturated rings. The summed E-state index contributed by atoms with van der Waals surface area (Å²) in [6.07, 6.45) is 5.01. The van der Waals surface area contributed by atoms with Crippen molar-refractivity contribution in [3.63, 3.8) is 0 Å². The van der Waals surface area contributed by atoms with Crippen molar-refractivity contribution < 1.29 is 4.74 Å². The maximum absolute atomic E-state index is 5.21. The summed E-state index contributed by atoms with van der Waals surface area (Å²) in [6, 6.07) is 9.20. The molecular weight excluding hydrogens is 266 g/mol. The first kappa shape index (κ1) is 15.7. The number of benzene rings is 1. The van der Waals surface area contributed by atoms with Gasteiger partial charge in [0.2, 0.25) is 0 Å². The highest BCUT2D eigenvalue weighted by Gasteiger charge is 2.24. The van der Waals surface area contributed by atoms with Crippen LogP contribution in [0.15, 0.2) is 24.3 Å². The van der Waals surface area contributed by atoms with Crippen LogP contribution in [-0.4, -0.2) is 31.2 Å². The van der Waals surface area contributed by atoms with Gasteiger partial charge in [-0.25, -0.2) is 0 Å². The first-order valence-corrected chi connectivity index (χ1v) is 8.93. The van der Waals surface area contributed by atoms with Gasteiger partial charge in [-0.15, -0.1) is 0 Å². The van der Waals surface area contributed by atoms with Crippen LogP contribution >= 0.6 is 11.8 Å². The highest BCUT2D eigenvalue weighted by molar-refractivity contribution is 7.99. The summed E-state index contributed by atoms with van der Waals surface area (Å²) in [4.78, 5) is 0. The van der Waals surface area contributed by atoms with Crippen molar-refractivity contribution in [2.45, 2.75) is 38.6 Å². The summed E-state index contributed by atoms with van der Waals surface area (Å²) in [7, 11) is 1.72. The van der Waals surface area contributed by atoms with Gasteiger partial charge in [-0.2, -0.15) is 11.8 Å². The van der Waals surface area contributed by atoms with E-state index in [1.165, 1.54) is 36.3 Å². The minimum absolute atomic E-state index is 0.687. The quantitative estimate of drug-likeness (QED) is 0.789. The van der Waals surface area contributed by atoms with Crippen molar-refractivity contribution in [3.05, 3.63) is 29.8 Å². The third kappa shape index (κ3) is 4.71. The zero-order valence-electron chi connectivity index (χ0n) is 12.7. The van der Waals surface area contributed by atoms with E-state index in [0.29, 0.717) is 6.04 Å². The summed E-state index contributed by atoms with van der Waals surface area (Å²) >= 11 is 2.11. The van der Waals surface area contributed by atoms with E-state index in [0.717, 1.165) is 24.6 Å². The van der Waals surface area contributed by atoms with Crippen molar-refractivity contribution in [2.75, 3.05) is 25.2 Å². The Morgan fingerprint density at radius 2 is 2.15 bits per heavy atom. The summed E-state index contributed by atoms with van der Waals surface area (Å²) < 4.78 is 5.21. The molecule has 0 spiro atoms. The maximum Gasteiger partial charge on any atom is 0.118 e. The van der Waals surface area contributed by atoms with E-state index in [1.807, 2.05) is 0 Å². The number of methoxy groups -OCH3 is 1. The smallest absolute Gasteiger partial charge is 0.118 e. The minimum atomic E-state index is 0.687. The molecule has 3 heteroatoms. The second kappa shape index (κ2) is 8.58. The zero-order valence-corrected chi connectivity index (χ0v) is 13.5. The number of hydrogen-bond acceptors (Lipinski definition) is 3. The van der Waals surface area contributed by atoms with Crippen LogP contribution in [0.2, 0.25) is 0 Å². The molecule has 2 atom stereocenters. The van der Waals surface area contributed by atoms with Crippen LogP contribution in [0.5, 0.6) is 5.75 Å². The maximum atomic E-state index is 5.21. The lowest BCUT2D eigenvalue weighted by Gasteiger charge is -2.24. The lowest BCUT2D eigenvalue weighted by molar-refractivity contribution is 0.362. The molecule has 0 aromatic heterocycles. The average Bonchev–Trinajstić information content (AvgIpc) is 3.02. The van der Waals surface area contributed by atoms with Crippen LogP contribution in [0.4, 0.5) is 0 Å². The molecule has 1 aliphatic heterocycles. The van der Waals surface area contributed by atoms with Crippen LogP contribution in [-0.2, 0) is 6.42 Å². The van der Waals surface area contributed by atoms with Crippen LogP contribution in [0.3, 0.4) is 0 Å². The molecule has 0 bridgehead atoms. The predicted octanol–water partition coefficient (Wildman–Crippen LogP) is 3.75.